The molecule has 4 amide bonds. The van der Waals surface area contributed by atoms with Crippen LogP contribution in [0.2, 0.25) is 0 Å². The van der Waals surface area contributed by atoms with E-state index in [1.807, 2.05) is 19.9 Å². The quantitative estimate of drug-likeness (QED) is 0.592. The van der Waals surface area contributed by atoms with E-state index < -0.39 is 12.2 Å². The number of thiophene rings is 1. The number of ether oxygens (including phenoxy) is 1. The smallest absolute Gasteiger partial charge is 0.414 e. The lowest BCUT2D eigenvalue weighted by molar-refractivity contribution is 0.0920. The summed E-state index contributed by atoms with van der Waals surface area (Å²) in [5, 5.41) is 15.3. The fourth-order valence-corrected chi connectivity index (χ4v) is 4.55. The number of urea groups is 1. The number of carbonyl (C=O) groups excluding carboxylic acids is 3. The van der Waals surface area contributed by atoms with Gasteiger partial charge in [-0.25, -0.2) is 9.59 Å². The molecule has 2 aliphatic rings. The zero-order chi connectivity index (χ0) is 22.1. The van der Waals surface area contributed by atoms with Crippen molar-refractivity contribution in [3.8, 4) is 0 Å². The molecule has 1 atom stereocenters. The molecule has 9 nitrogen and oxygen atoms in total. The molecule has 31 heavy (non-hydrogen) atoms. The maximum absolute atomic E-state index is 12.5. The lowest BCUT2D eigenvalue weighted by atomic mass is 9.97. The van der Waals surface area contributed by atoms with E-state index in [2.05, 4.69) is 10.5 Å². The predicted octanol–water partition coefficient (Wildman–Crippen LogP) is 1.72. The van der Waals surface area contributed by atoms with Gasteiger partial charge in [0, 0.05) is 22.6 Å². The van der Waals surface area contributed by atoms with Crippen molar-refractivity contribution in [2.45, 2.75) is 26.6 Å². The third-order valence-corrected chi connectivity index (χ3v) is 6.19. The number of cyclic esters (lactones) is 1. The van der Waals surface area contributed by atoms with Gasteiger partial charge in [-0.1, -0.05) is 0 Å². The first-order chi connectivity index (χ1) is 14.9. The first-order valence-electron chi connectivity index (χ1n) is 9.84. The largest absolute Gasteiger partial charge is 0.442 e. The van der Waals surface area contributed by atoms with Crippen molar-refractivity contribution in [1.82, 2.24) is 10.5 Å². The van der Waals surface area contributed by atoms with Crippen LogP contribution in [-0.4, -0.2) is 56.2 Å². The van der Waals surface area contributed by atoms with Gasteiger partial charge in [-0.05, 0) is 43.7 Å². The van der Waals surface area contributed by atoms with Crippen LogP contribution in [0.4, 0.5) is 21.0 Å². The Morgan fingerprint density at radius 1 is 1.32 bits per heavy atom. The van der Waals surface area contributed by atoms with Gasteiger partial charge in [0.1, 0.15) is 6.10 Å². The number of hydrogen-bond donors (Lipinski definition) is 3. The van der Waals surface area contributed by atoms with Crippen molar-refractivity contribution < 1.29 is 24.2 Å². The molecule has 3 heterocycles. The number of nitrogens with zero attached hydrogens (tertiary/aromatic N) is 2. The Labute approximate surface area is 184 Å². The van der Waals surface area contributed by atoms with Crippen LogP contribution in [0.1, 0.15) is 25.7 Å². The summed E-state index contributed by atoms with van der Waals surface area (Å²) in [5.74, 6) is -0.198. The Morgan fingerprint density at radius 2 is 2.13 bits per heavy atom. The summed E-state index contributed by atoms with van der Waals surface area (Å²) in [4.78, 5) is 41.4. The molecular formula is C20H22BN4O5S. The Kier molecular flexibility index (Phi) is 5.88. The normalized spacial score (nSPS) is 18.1. The van der Waals surface area contributed by atoms with Crippen LogP contribution >= 0.6 is 11.3 Å². The van der Waals surface area contributed by atoms with Gasteiger partial charge in [-0.3, -0.25) is 9.69 Å². The van der Waals surface area contributed by atoms with Gasteiger partial charge < -0.3 is 25.3 Å². The van der Waals surface area contributed by atoms with Crippen molar-refractivity contribution in [3.63, 3.8) is 0 Å². The number of hydrogen-bond acceptors (Lipinski definition) is 6. The Hall–Kier alpha value is -3.05. The lowest BCUT2D eigenvalue weighted by Crippen LogP contribution is -2.34. The zero-order valence-corrected chi connectivity index (χ0v) is 18.0. The van der Waals surface area contributed by atoms with E-state index in [0.29, 0.717) is 28.3 Å². The molecule has 1 aromatic carbocycles. The lowest BCUT2D eigenvalue weighted by Gasteiger charge is -2.23. The Bertz CT molecular complexity index is 1040. The monoisotopic (exact) mass is 441 g/mol. The van der Waals surface area contributed by atoms with E-state index in [4.69, 9.17) is 4.74 Å². The molecular weight excluding hydrogens is 419 g/mol. The first-order valence-corrected chi connectivity index (χ1v) is 10.7. The molecule has 0 spiro atoms. The number of nitrogens with one attached hydrogen (secondary N) is 2. The molecule has 2 fully saturated rings. The molecule has 4 rings (SSSR count). The highest BCUT2D eigenvalue weighted by molar-refractivity contribution is 7.13. The Morgan fingerprint density at radius 3 is 2.77 bits per heavy atom. The fourth-order valence-electron chi connectivity index (χ4n) is 3.76. The molecule has 161 valence electrons. The molecule has 1 aromatic heterocycles. The third kappa shape index (κ3) is 4.24. The van der Waals surface area contributed by atoms with E-state index in [1.165, 1.54) is 21.1 Å². The molecule has 1 unspecified atom stereocenters. The first kappa shape index (κ1) is 21.2. The molecule has 0 bridgehead atoms. The second-order valence-electron chi connectivity index (χ2n) is 7.43. The summed E-state index contributed by atoms with van der Waals surface area (Å²) in [5.41, 5.74) is 2.49. The molecule has 11 heteroatoms. The number of amides is 4. The van der Waals surface area contributed by atoms with Gasteiger partial charge in [0.15, 0.2) is 0 Å². The van der Waals surface area contributed by atoms with E-state index in [1.54, 1.807) is 25.6 Å². The van der Waals surface area contributed by atoms with Gasteiger partial charge in [0.2, 0.25) is 0 Å². The molecule has 2 aliphatic heterocycles. The minimum Gasteiger partial charge on any atom is -0.442 e. The third-order valence-electron chi connectivity index (χ3n) is 5.19. The van der Waals surface area contributed by atoms with Crippen molar-refractivity contribution in [2.75, 3.05) is 29.3 Å². The number of rotatable bonds is 6. The summed E-state index contributed by atoms with van der Waals surface area (Å²) < 4.78 is 5.41. The molecule has 1 radical (unpaired) electrons. The van der Waals surface area contributed by atoms with Crippen LogP contribution < -0.4 is 20.3 Å². The van der Waals surface area contributed by atoms with Gasteiger partial charge in [0.05, 0.1) is 30.3 Å². The topological polar surface area (TPSA) is 111 Å². The minimum absolute atomic E-state index is 0.198. The van der Waals surface area contributed by atoms with E-state index in [9.17, 15) is 19.5 Å². The number of aliphatic hydroxyl groups excluding tert-OH is 1. The Balaban J connectivity index is 1.47. The number of aryl methyl sites for hydroxylation is 2. The van der Waals surface area contributed by atoms with Crippen molar-refractivity contribution in [3.05, 3.63) is 45.1 Å². The van der Waals surface area contributed by atoms with E-state index >= 15 is 0 Å². The highest BCUT2D eigenvalue weighted by Crippen LogP contribution is 2.33. The summed E-state index contributed by atoms with van der Waals surface area (Å²) in [6.45, 7) is 3.94. The van der Waals surface area contributed by atoms with Crippen molar-refractivity contribution >= 4 is 48.2 Å². The highest BCUT2D eigenvalue weighted by Gasteiger charge is 2.34. The summed E-state index contributed by atoms with van der Waals surface area (Å²) in [6, 6.07) is 6.86. The SMILES string of the molecule is Cc1ccc(C(=O)NCC2CN(c3cc(C)c(N4C[B]NC4=O)c(CO)c3)C(=O)O2)s1. The van der Waals surface area contributed by atoms with Crippen LogP contribution in [0.15, 0.2) is 24.3 Å². The minimum atomic E-state index is -0.519. The van der Waals surface area contributed by atoms with Crippen molar-refractivity contribution in [2.24, 2.45) is 0 Å². The van der Waals surface area contributed by atoms with Crippen molar-refractivity contribution in [1.29, 1.82) is 0 Å². The number of aliphatic hydroxyl groups is 1. The van der Waals surface area contributed by atoms with Gasteiger partial charge in [-0.2, -0.15) is 0 Å². The van der Waals surface area contributed by atoms with Crippen LogP contribution in [0.3, 0.4) is 0 Å². The molecule has 3 N–H and O–H groups in total. The predicted molar refractivity (Wildman–Crippen MR) is 118 cm³/mol. The maximum Gasteiger partial charge on any atom is 0.414 e. The van der Waals surface area contributed by atoms with Crippen LogP contribution in [-0.2, 0) is 11.3 Å². The fraction of sp³-hybridized carbons (Fsp3) is 0.350. The zero-order valence-electron chi connectivity index (χ0n) is 17.2. The standard InChI is InChI=1S/C20H22BN4O5S/c1-11-5-14(6-13(9-26)17(11)25-10-21-23-19(25)28)24-8-15(30-20(24)29)7-22-18(27)16-4-3-12(2)31-16/h3-6,15,26H,7-10H2,1-2H3,(H,22,27)(H,23,28). The summed E-state index contributed by atoms with van der Waals surface area (Å²) >= 11 is 1.41. The van der Waals surface area contributed by atoms with E-state index in [0.717, 1.165) is 10.4 Å². The summed E-state index contributed by atoms with van der Waals surface area (Å²) in [6.07, 6.45) is -0.618. The summed E-state index contributed by atoms with van der Waals surface area (Å²) in [7, 11) is 1.64. The van der Waals surface area contributed by atoms with Crippen LogP contribution in [0.5, 0.6) is 0 Å². The average Bonchev–Trinajstić information content (AvgIpc) is 3.45. The number of carbonyl (C=O) groups is 3. The van der Waals surface area contributed by atoms with Crippen LogP contribution in [0.25, 0.3) is 0 Å². The number of anilines is 2. The molecule has 0 aliphatic carbocycles. The van der Waals surface area contributed by atoms with Crippen LogP contribution in [0, 0.1) is 13.8 Å². The second-order valence-corrected chi connectivity index (χ2v) is 8.72. The maximum atomic E-state index is 12.5. The second kappa shape index (κ2) is 8.60. The number of benzene rings is 1. The molecule has 0 saturated carbocycles. The molecule has 2 aromatic rings. The van der Waals surface area contributed by atoms with Gasteiger partial charge >= 0.3 is 12.1 Å². The van der Waals surface area contributed by atoms with Gasteiger partial charge in [-0.15, -0.1) is 11.3 Å². The average molecular weight is 441 g/mol. The van der Waals surface area contributed by atoms with Gasteiger partial charge in [0.25, 0.3) is 13.3 Å². The highest BCUT2D eigenvalue weighted by atomic mass is 32.1. The van der Waals surface area contributed by atoms with E-state index in [-0.39, 0.29) is 31.6 Å². The molecule has 2 saturated heterocycles.